The molecule has 9 heteroatoms. The Labute approximate surface area is 202 Å². The van der Waals surface area contributed by atoms with E-state index in [1.807, 2.05) is 20.8 Å². The predicted octanol–water partition coefficient (Wildman–Crippen LogP) is 3.54. The Bertz CT molecular complexity index is 1140. The lowest BCUT2D eigenvalue weighted by molar-refractivity contribution is -0.140. The van der Waals surface area contributed by atoms with E-state index in [1.54, 1.807) is 45.0 Å². The lowest BCUT2D eigenvalue weighted by Gasteiger charge is -2.33. The van der Waals surface area contributed by atoms with Crippen molar-refractivity contribution >= 4 is 27.5 Å². The Morgan fingerprint density at radius 1 is 1.03 bits per heavy atom. The first-order valence-corrected chi connectivity index (χ1v) is 12.9. The minimum atomic E-state index is -3.84. The Hall–Kier alpha value is -2.94. The molecule has 2 rings (SSSR count). The van der Waals surface area contributed by atoms with Gasteiger partial charge in [-0.15, -0.1) is 0 Å². The van der Waals surface area contributed by atoms with Crippen molar-refractivity contribution in [3.8, 4) is 0 Å². The third-order valence-corrected chi connectivity index (χ3v) is 6.44. The number of amides is 2. The number of nitrogens with one attached hydrogen (secondary N) is 1. The Balaban J connectivity index is 2.48. The molecular weight excluding hydrogens is 457 g/mol. The molecule has 0 radical (unpaired) electrons. The topological polar surface area (TPSA) is 86.8 Å². The summed E-state index contributed by atoms with van der Waals surface area (Å²) < 4.78 is 40.9. The smallest absolute Gasteiger partial charge is 0.244 e. The van der Waals surface area contributed by atoms with Crippen LogP contribution in [-0.2, 0) is 26.2 Å². The van der Waals surface area contributed by atoms with Gasteiger partial charge < -0.3 is 10.2 Å². The van der Waals surface area contributed by atoms with E-state index < -0.39 is 45.8 Å². The number of sulfonamides is 1. The first-order valence-electron chi connectivity index (χ1n) is 11.0. The first kappa shape index (κ1) is 27.3. The Kier molecular flexibility index (Phi) is 8.47. The quantitative estimate of drug-likeness (QED) is 0.612. The summed E-state index contributed by atoms with van der Waals surface area (Å²) in [7, 11) is -3.84. The fourth-order valence-electron chi connectivity index (χ4n) is 3.64. The van der Waals surface area contributed by atoms with Crippen LogP contribution >= 0.6 is 0 Å². The summed E-state index contributed by atoms with van der Waals surface area (Å²) >= 11 is 0. The molecule has 0 aliphatic carbocycles. The van der Waals surface area contributed by atoms with Crippen LogP contribution in [0.2, 0.25) is 0 Å². The van der Waals surface area contributed by atoms with Gasteiger partial charge in [-0.25, -0.2) is 12.8 Å². The number of halogens is 1. The second kappa shape index (κ2) is 10.5. The highest BCUT2D eigenvalue weighted by atomic mass is 32.2. The molecular formula is C25H34FN3O4S. The summed E-state index contributed by atoms with van der Waals surface area (Å²) in [6.07, 6.45) is 1.03. The Morgan fingerprint density at radius 3 is 2.09 bits per heavy atom. The van der Waals surface area contributed by atoms with Crippen LogP contribution in [-0.4, -0.2) is 49.5 Å². The van der Waals surface area contributed by atoms with Gasteiger partial charge in [0.05, 0.1) is 11.9 Å². The van der Waals surface area contributed by atoms with Crippen molar-refractivity contribution < 1.29 is 22.4 Å². The van der Waals surface area contributed by atoms with Gasteiger partial charge in [0.1, 0.15) is 18.4 Å². The van der Waals surface area contributed by atoms with Gasteiger partial charge in [0.25, 0.3) is 0 Å². The highest BCUT2D eigenvalue weighted by Crippen LogP contribution is 2.27. The molecule has 0 saturated carbocycles. The van der Waals surface area contributed by atoms with Crippen LogP contribution < -0.4 is 9.62 Å². The molecule has 2 amide bonds. The molecule has 34 heavy (non-hydrogen) atoms. The molecule has 0 aliphatic heterocycles. The minimum Gasteiger partial charge on any atom is -0.350 e. The summed E-state index contributed by atoms with van der Waals surface area (Å²) in [6.45, 7) is 9.81. The molecule has 1 N–H and O–H groups in total. The molecule has 0 saturated heterocycles. The standard InChI is InChI=1S/C25H34FN3O4S/c1-17-11-10-12-18(2)23(17)29(34(7,32)33)16-22(30)28(15-20-13-8-9-14-21(20)26)19(3)24(31)27-25(4,5)6/h8-14,19H,15-16H2,1-7H3,(H,27,31). The van der Waals surface area contributed by atoms with E-state index in [4.69, 9.17) is 0 Å². The maximum Gasteiger partial charge on any atom is 0.244 e. The summed E-state index contributed by atoms with van der Waals surface area (Å²) in [5.74, 6) is -1.55. The van der Waals surface area contributed by atoms with Crippen molar-refractivity contribution in [3.63, 3.8) is 0 Å². The Morgan fingerprint density at radius 2 is 1.59 bits per heavy atom. The van der Waals surface area contributed by atoms with E-state index in [0.29, 0.717) is 16.8 Å². The third kappa shape index (κ3) is 7.03. The average molecular weight is 492 g/mol. The van der Waals surface area contributed by atoms with Gasteiger partial charge in [-0.1, -0.05) is 36.4 Å². The number of aryl methyl sites for hydroxylation is 2. The molecule has 0 aromatic heterocycles. The fraction of sp³-hybridized carbons (Fsp3) is 0.440. The fourth-order valence-corrected chi connectivity index (χ4v) is 4.61. The molecule has 0 heterocycles. The van der Waals surface area contributed by atoms with Crippen LogP contribution in [0.4, 0.5) is 10.1 Å². The minimum absolute atomic E-state index is 0.186. The summed E-state index contributed by atoms with van der Waals surface area (Å²) in [6, 6.07) is 10.4. The van der Waals surface area contributed by atoms with Gasteiger partial charge in [0.15, 0.2) is 0 Å². The van der Waals surface area contributed by atoms with E-state index >= 15 is 0 Å². The van der Waals surface area contributed by atoms with Gasteiger partial charge in [0.2, 0.25) is 21.8 Å². The van der Waals surface area contributed by atoms with Gasteiger partial charge in [-0.2, -0.15) is 0 Å². The number of para-hydroxylation sites is 1. The number of hydrogen-bond donors (Lipinski definition) is 1. The van der Waals surface area contributed by atoms with Crippen LogP contribution in [0.1, 0.15) is 44.4 Å². The highest BCUT2D eigenvalue weighted by Gasteiger charge is 2.32. The number of anilines is 1. The maximum absolute atomic E-state index is 14.4. The van der Waals surface area contributed by atoms with Crippen molar-refractivity contribution in [3.05, 3.63) is 65.0 Å². The van der Waals surface area contributed by atoms with Crippen molar-refractivity contribution in [1.82, 2.24) is 10.2 Å². The molecule has 2 aromatic rings. The average Bonchev–Trinajstić information content (AvgIpc) is 2.69. The zero-order valence-corrected chi connectivity index (χ0v) is 21.7. The van der Waals surface area contributed by atoms with E-state index in [1.165, 1.54) is 23.1 Å². The summed E-state index contributed by atoms with van der Waals surface area (Å²) in [5, 5.41) is 2.83. The third-order valence-electron chi connectivity index (χ3n) is 5.33. The van der Waals surface area contributed by atoms with Crippen LogP contribution in [0, 0.1) is 19.7 Å². The molecule has 1 atom stereocenters. The van der Waals surface area contributed by atoms with Crippen molar-refractivity contribution in [2.24, 2.45) is 0 Å². The number of nitrogens with zero attached hydrogens (tertiary/aromatic N) is 2. The monoisotopic (exact) mass is 491 g/mol. The van der Waals surface area contributed by atoms with Gasteiger partial charge >= 0.3 is 0 Å². The van der Waals surface area contributed by atoms with Crippen LogP contribution in [0.5, 0.6) is 0 Å². The molecule has 0 bridgehead atoms. The highest BCUT2D eigenvalue weighted by molar-refractivity contribution is 7.92. The number of carbonyl (C=O) groups is 2. The van der Waals surface area contributed by atoms with Gasteiger partial charge in [-0.05, 0) is 58.7 Å². The first-order chi connectivity index (χ1) is 15.6. The molecule has 7 nitrogen and oxygen atoms in total. The molecule has 0 spiro atoms. The van der Waals surface area contributed by atoms with Crippen LogP contribution in [0.25, 0.3) is 0 Å². The van der Waals surface area contributed by atoms with Gasteiger partial charge in [-0.3, -0.25) is 13.9 Å². The number of carbonyl (C=O) groups excluding carboxylic acids is 2. The number of hydrogen-bond acceptors (Lipinski definition) is 4. The summed E-state index contributed by atoms with van der Waals surface area (Å²) in [5.41, 5.74) is 1.48. The zero-order chi connectivity index (χ0) is 25.8. The molecule has 186 valence electrons. The van der Waals surface area contributed by atoms with Crippen LogP contribution in [0.3, 0.4) is 0 Å². The molecule has 1 unspecified atom stereocenters. The van der Waals surface area contributed by atoms with Crippen molar-refractivity contribution in [2.45, 2.75) is 59.7 Å². The molecule has 0 aliphatic rings. The summed E-state index contributed by atoms with van der Waals surface area (Å²) in [4.78, 5) is 27.7. The largest absolute Gasteiger partial charge is 0.350 e. The van der Waals surface area contributed by atoms with Gasteiger partial charge in [0, 0.05) is 17.6 Å². The molecule has 0 fully saturated rings. The van der Waals surface area contributed by atoms with E-state index in [9.17, 15) is 22.4 Å². The lowest BCUT2D eigenvalue weighted by atomic mass is 10.1. The maximum atomic E-state index is 14.4. The predicted molar refractivity (Wildman–Crippen MR) is 132 cm³/mol. The number of rotatable bonds is 8. The van der Waals surface area contributed by atoms with E-state index in [2.05, 4.69) is 5.32 Å². The normalized spacial score (nSPS) is 12.7. The second-order valence-electron chi connectivity index (χ2n) is 9.54. The van der Waals surface area contributed by atoms with E-state index in [-0.39, 0.29) is 12.1 Å². The van der Waals surface area contributed by atoms with E-state index in [0.717, 1.165) is 10.6 Å². The number of benzene rings is 2. The van der Waals surface area contributed by atoms with Crippen LogP contribution in [0.15, 0.2) is 42.5 Å². The zero-order valence-electron chi connectivity index (χ0n) is 20.8. The molecule has 2 aromatic carbocycles. The van der Waals surface area contributed by atoms with Crippen molar-refractivity contribution in [2.75, 3.05) is 17.1 Å². The van der Waals surface area contributed by atoms with Crippen molar-refractivity contribution in [1.29, 1.82) is 0 Å². The second-order valence-corrected chi connectivity index (χ2v) is 11.4. The lowest BCUT2D eigenvalue weighted by Crippen LogP contribution is -2.54. The SMILES string of the molecule is Cc1cccc(C)c1N(CC(=O)N(Cc1ccccc1F)C(C)C(=O)NC(C)(C)C)S(C)(=O)=O.